The minimum absolute atomic E-state index is 0.111. The lowest BCUT2D eigenvalue weighted by atomic mass is 10.1. The summed E-state index contributed by atoms with van der Waals surface area (Å²) in [5.41, 5.74) is 2.48. The second-order valence-electron chi connectivity index (χ2n) is 9.39. The van der Waals surface area contributed by atoms with Crippen LogP contribution in [0, 0.1) is 32.1 Å². The van der Waals surface area contributed by atoms with E-state index in [4.69, 9.17) is 6.57 Å². The van der Waals surface area contributed by atoms with Gasteiger partial charge in [0.1, 0.15) is 22.9 Å². The first-order valence-electron chi connectivity index (χ1n) is 12.1. The number of hydrogen-bond acceptors (Lipinski definition) is 4. The summed E-state index contributed by atoms with van der Waals surface area (Å²) in [6.45, 7) is 11.9. The quantitative estimate of drug-likeness (QED) is 0.410. The number of aryl methyl sites for hydroxylation is 2. The van der Waals surface area contributed by atoms with E-state index in [9.17, 15) is 9.18 Å². The summed E-state index contributed by atoms with van der Waals surface area (Å²) >= 11 is 0. The normalized spacial score (nSPS) is 15.8. The minimum atomic E-state index is -0.690. The Kier molecular flexibility index (Phi) is 6.25. The summed E-state index contributed by atoms with van der Waals surface area (Å²) in [7, 11) is 3.63. The minimum Gasteiger partial charge on any atom is -0.336 e. The number of likely N-dealkylation sites (tertiary alicyclic amines) is 1. The Morgan fingerprint density at radius 2 is 1.95 bits per heavy atom. The van der Waals surface area contributed by atoms with Gasteiger partial charge in [-0.25, -0.2) is 18.6 Å². The lowest BCUT2D eigenvalue weighted by Gasteiger charge is -2.32. The number of imidazole rings is 1. The molecular formula is C27H27F2N7O. The fourth-order valence-electron chi connectivity index (χ4n) is 4.99. The molecule has 1 amide bonds. The van der Waals surface area contributed by atoms with Gasteiger partial charge in [0.25, 0.3) is 5.91 Å². The van der Waals surface area contributed by atoms with Crippen LogP contribution in [0.15, 0.2) is 30.3 Å². The highest BCUT2D eigenvalue weighted by Gasteiger charge is 2.29. The Balaban J connectivity index is 1.71. The Hall–Kier alpha value is -4.10. The van der Waals surface area contributed by atoms with E-state index in [0.29, 0.717) is 41.2 Å². The van der Waals surface area contributed by atoms with Crippen LogP contribution in [-0.2, 0) is 7.05 Å². The molecule has 10 heteroatoms. The molecule has 8 nitrogen and oxygen atoms in total. The lowest BCUT2D eigenvalue weighted by Crippen LogP contribution is -2.47. The summed E-state index contributed by atoms with van der Waals surface area (Å²) in [6, 6.07) is 7.54. The molecule has 3 heterocycles. The number of benzene rings is 2. The van der Waals surface area contributed by atoms with Crippen LogP contribution in [-0.4, -0.2) is 56.3 Å². The van der Waals surface area contributed by atoms with Gasteiger partial charge in [-0.3, -0.25) is 14.0 Å². The van der Waals surface area contributed by atoms with E-state index in [1.165, 1.54) is 18.2 Å². The molecule has 0 radical (unpaired) electrons. The second-order valence-corrected chi connectivity index (χ2v) is 9.39. The number of amides is 1. The fraction of sp³-hybridized carbons (Fsp3) is 0.333. The van der Waals surface area contributed by atoms with Crippen LogP contribution in [0.2, 0.25) is 0 Å². The van der Waals surface area contributed by atoms with E-state index in [0.717, 1.165) is 18.5 Å². The average Bonchev–Trinajstić information content (AvgIpc) is 3.39. The highest BCUT2D eigenvalue weighted by atomic mass is 19.1. The van der Waals surface area contributed by atoms with Crippen molar-refractivity contribution in [3.8, 4) is 17.1 Å². The van der Waals surface area contributed by atoms with Gasteiger partial charge in [-0.15, -0.1) is 0 Å². The first-order valence-corrected chi connectivity index (χ1v) is 12.1. The molecule has 0 unspecified atom stereocenters. The fourth-order valence-corrected chi connectivity index (χ4v) is 4.99. The van der Waals surface area contributed by atoms with Crippen molar-refractivity contribution in [3.63, 3.8) is 0 Å². The van der Waals surface area contributed by atoms with Crippen LogP contribution in [0.4, 0.5) is 14.5 Å². The van der Waals surface area contributed by atoms with E-state index in [1.54, 1.807) is 40.3 Å². The highest BCUT2D eigenvalue weighted by molar-refractivity contribution is 5.95. The summed E-state index contributed by atoms with van der Waals surface area (Å²) in [5.74, 6) is -1.13. The molecule has 1 aliphatic rings. The molecule has 0 saturated carbocycles. The standard InChI is InChI=1S/C27H27F2N7O/c1-15-20-12-19(13-22(29)25(20)33-34(15)5)36-16(2)24(27(37)35-10-6-7-18(14-35)30-3)32-26(36)17-8-9-23(31-4)21(28)11-17/h8-9,11-13,18,30H,6-7,10,14H2,1-3,5H3/t18-/m1/s1. The molecule has 1 N–H and O–H groups in total. The maximum Gasteiger partial charge on any atom is 0.274 e. The predicted octanol–water partition coefficient (Wildman–Crippen LogP) is 4.70. The molecule has 1 aliphatic heterocycles. The summed E-state index contributed by atoms with van der Waals surface area (Å²) in [6.07, 6.45) is 1.85. The second kappa shape index (κ2) is 9.41. The number of carbonyl (C=O) groups excluding carboxylic acids is 1. The Morgan fingerprint density at radius 3 is 2.65 bits per heavy atom. The molecule has 190 valence electrons. The maximum atomic E-state index is 15.2. The van der Waals surface area contributed by atoms with Gasteiger partial charge in [0.15, 0.2) is 5.82 Å². The van der Waals surface area contributed by atoms with Gasteiger partial charge in [-0.05, 0) is 45.9 Å². The van der Waals surface area contributed by atoms with Crippen molar-refractivity contribution in [1.29, 1.82) is 0 Å². The largest absolute Gasteiger partial charge is 0.336 e. The number of halogens is 2. The van der Waals surface area contributed by atoms with E-state index < -0.39 is 11.6 Å². The predicted molar refractivity (Wildman–Crippen MR) is 137 cm³/mol. The van der Waals surface area contributed by atoms with E-state index in [2.05, 4.69) is 20.2 Å². The van der Waals surface area contributed by atoms with Crippen molar-refractivity contribution in [1.82, 2.24) is 29.5 Å². The van der Waals surface area contributed by atoms with Crippen molar-refractivity contribution < 1.29 is 13.6 Å². The zero-order valence-corrected chi connectivity index (χ0v) is 21.1. The van der Waals surface area contributed by atoms with Gasteiger partial charge in [0.05, 0.1) is 18.0 Å². The topological polar surface area (TPSA) is 72.3 Å². The number of rotatable bonds is 4. The highest BCUT2D eigenvalue weighted by Crippen LogP contribution is 2.33. The molecule has 2 aromatic carbocycles. The van der Waals surface area contributed by atoms with Gasteiger partial charge in [0, 0.05) is 48.9 Å². The Labute approximate surface area is 213 Å². The molecule has 37 heavy (non-hydrogen) atoms. The number of nitrogens with zero attached hydrogens (tertiary/aromatic N) is 6. The van der Waals surface area contributed by atoms with Gasteiger partial charge < -0.3 is 10.2 Å². The summed E-state index contributed by atoms with van der Waals surface area (Å²) < 4.78 is 33.1. The molecule has 1 saturated heterocycles. The number of aromatic nitrogens is 4. The molecule has 2 aromatic heterocycles. The Morgan fingerprint density at radius 1 is 1.16 bits per heavy atom. The molecule has 0 spiro atoms. The van der Waals surface area contributed by atoms with Crippen molar-refractivity contribution in [2.75, 3.05) is 20.1 Å². The van der Waals surface area contributed by atoms with Crippen LogP contribution in [0.5, 0.6) is 0 Å². The molecule has 1 fully saturated rings. The van der Waals surface area contributed by atoms with Crippen LogP contribution < -0.4 is 5.32 Å². The van der Waals surface area contributed by atoms with E-state index in [-0.39, 0.29) is 28.8 Å². The smallest absolute Gasteiger partial charge is 0.274 e. The van der Waals surface area contributed by atoms with Crippen LogP contribution in [0.1, 0.15) is 34.7 Å². The first kappa shape index (κ1) is 24.6. The van der Waals surface area contributed by atoms with Gasteiger partial charge in [0.2, 0.25) is 5.69 Å². The van der Waals surface area contributed by atoms with Crippen molar-refractivity contribution >= 4 is 22.5 Å². The van der Waals surface area contributed by atoms with Crippen molar-refractivity contribution in [3.05, 3.63) is 70.5 Å². The number of hydrogen-bond donors (Lipinski definition) is 1. The lowest BCUT2D eigenvalue weighted by molar-refractivity contribution is 0.0692. The number of piperidine rings is 1. The number of carbonyl (C=O) groups is 1. The molecule has 1 atom stereocenters. The summed E-state index contributed by atoms with van der Waals surface area (Å²) in [5, 5.41) is 8.13. The maximum absolute atomic E-state index is 15.2. The Bertz CT molecular complexity index is 1580. The van der Waals surface area contributed by atoms with Crippen LogP contribution in [0.25, 0.3) is 32.8 Å². The third-order valence-electron chi connectivity index (χ3n) is 7.18. The third kappa shape index (κ3) is 4.15. The van der Waals surface area contributed by atoms with Gasteiger partial charge >= 0.3 is 0 Å². The average molecular weight is 504 g/mol. The summed E-state index contributed by atoms with van der Waals surface area (Å²) in [4.78, 5) is 23.3. The van der Waals surface area contributed by atoms with E-state index in [1.807, 2.05) is 14.0 Å². The first-order chi connectivity index (χ1) is 17.7. The number of nitrogens with one attached hydrogen (secondary N) is 1. The monoisotopic (exact) mass is 503 g/mol. The molecular weight excluding hydrogens is 476 g/mol. The number of fused-ring (bicyclic) bond motifs is 1. The zero-order valence-electron chi connectivity index (χ0n) is 21.1. The third-order valence-corrected chi connectivity index (χ3v) is 7.18. The van der Waals surface area contributed by atoms with Gasteiger partial charge in [-0.1, -0.05) is 12.1 Å². The molecule has 0 bridgehead atoms. The number of likely N-dealkylation sites (N-methyl/N-ethyl adjacent to an activating group) is 1. The van der Waals surface area contributed by atoms with Crippen LogP contribution >= 0.6 is 0 Å². The van der Waals surface area contributed by atoms with Crippen LogP contribution in [0.3, 0.4) is 0 Å². The zero-order chi connectivity index (χ0) is 26.4. The molecule has 0 aliphatic carbocycles. The molecule has 5 rings (SSSR count). The molecule has 4 aromatic rings. The van der Waals surface area contributed by atoms with E-state index >= 15 is 4.39 Å². The van der Waals surface area contributed by atoms with Crippen molar-refractivity contribution in [2.45, 2.75) is 32.7 Å². The SMILES string of the molecule is [C-]#[N+]c1ccc(-c2nc(C(=O)N3CCC[C@@H](NC)C3)c(C)n2-c2cc(F)c3nn(C)c(C)c3c2)cc1F. The van der Waals surface area contributed by atoms with Crippen molar-refractivity contribution in [2.24, 2.45) is 7.05 Å². The van der Waals surface area contributed by atoms with Gasteiger partial charge in [-0.2, -0.15) is 5.10 Å².